The molecule has 0 bridgehead atoms. The van der Waals surface area contributed by atoms with Gasteiger partial charge in [-0.3, -0.25) is 4.79 Å². The van der Waals surface area contributed by atoms with Crippen LogP contribution in [0.1, 0.15) is 15.9 Å². The SMILES string of the molecule is O=C1c2c(O)ccc(Br)c2CN1CCO. The summed E-state index contributed by atoms with van der Waals surface area (Å²) in [4.78, 5) is 13.3. The van der Waals surface area contributed by atoms with E-state index in [9.17, 15) is 9.90 Å². The third-order valence-corrected chi connectivity index (χ3v) is 3.20. The summed E-state index contributed by atoms with van der Waals surface area (Å²) >= 11 is 3.34. The first-order valence-corrected chi connectivity index (χ1v) is 5.35. The van der Waals surface area contributed by atoms with Gasteiger partial charge in [0.15, 0.2) is 0 Å². The van der Waals surface area contributed by atoms with Crippen LogP contribution < -0.4 is 0 Å². The number of amides is 1. The number of aliphatic hydroxyl groups is 1. The molecule has 2 rings (SSSR count). The van der Waals surface area contributed by atoms with Crippen molar-refractivity contribution >= 4 is 21.8 Å². The maximum absolute atomic E-state index is 11.8. The molecule has 0 unspecified atom stereocenters. The number of phenolic OH excluding ortho intramolecular Hbond substituents is 1. The minimum absolute atomic E-state index is 0.00126. The fourth-order valence-electron chi connectivity index (χ4n) is 1.73. The van der Waals surface area contributed by atoms with Gasteiger partial charge in [-0.2, -0.15) is 0 Å². The van der Waals surface area contributed by atoms with Gasteiger partial charge in [0, 0.05) is 23.1 Å². The number of β-amino-alcohol motifs (C(OH)–C–C–N with tert-alkyl or cyclic N) is 1. The second-order valence-electron chi connectivity index (χ2n) is 3.37. The molecular formula is C10H10BrNO3. The maximum Gasteiger partial charge on any atom is 0.258 e. The molecule has 1 aromatic rings. The topological polar surface area (TPSA) is 60.8 Å². The Morgan fingerprint density at radius 1 is 1.47 bits per heavy atom. The molecule has 0 aromatic heterocycles. The molecule has 15 heavy (non-hydrogen) atoms. The van der Waals surface area contributed by atoms with E-state index in [4.69, 9.17) is 5.11 Å². The fourth-order valence-corrected chi connectivity index (χ4v) is 2.18. The highest BCUT2D eigenvalue weighted by molar-refractivity contribution is 9.10. The number of phenols is 1. The van der Waals surface area contributed by atoms with Crippen LogP contribution in [0.2, 0.25) is 0 Å². The van der Waals surface area contributed by atoms with E-state index in [0.717, 1.165) is 10.0 Å². The van der Waals surface area contributed by atoms with Crippen LogP contribution in [-0.4, -0.2) is 34.2 Å². The number of fused-ring (bicyclic) bond motifs is 1. The van der Waals surface area contributed by atoms with E-state index in [0.29, 0.717) is 18.7 Å². The number of nitrogens with zero attached hydrogens (tertiary/aromatic N) is 1. The number of carbonyl (C=O) groups excluding carboxylic acids is 1. The van der Waals surface area contributed by atoms with E-state index < -0.39 is 0 Å². The Bertz CT molecular complexity index is 419. The first-order chi connectivity index (χ1) is 7.15. The lowest BCUT2D eigenvalue weighted by Crippen LogP contribution is -2.26. The van der Waals surface area contributed by atoms with Crippen LogP contribution in [-0.2, 0) is 6.54 Å². The molecule has 5 heteroatoms. The zero-order valence-electron chi connectivity index (χ0n) is 7.90. The predicted octanol–water partition coefficient (Wildman–Crippen LogP) is 1.10. The largest absolute Gasteiger partial charge is 0.507 e. The molecule has 1 aromatic carbocycles. The normalized spacial score (nSPS) is 14.5. The molecule has 80 valence electrons. The van der Waals surface area contributed by atoms with Crippen molar-refractivity contribution in [3.05, 3.63) is 27.7 Å². The summed E-state index contributed by atoms with van der Waals surface area (Å²) in [6.45, 7) is 0.654. The van der Waals surface area contributed by atoms with Crippen molar-refractivity contribution in [2.24, 2.45) is 0 Å². The lowest BCUT2D eigenvalue weighted by Gasteiger charge is -2.12. The van der Waals surface area contributed by atoms with Crippen LogP contribution in [0.15, 0.2) is 16.6 Å². The number of halogens is 1. The minimum atomic E-state index is -0.224. The van der Waals surface area contributed by atoms with Gasteiger partial charge in [0.2, 0.25) is 0 Å². The van der Waals surface area contributed by atoms with Crippen LogP contribution in [0, 0.1) is 0 Å². The molecule has 4 nitrogen and oxygen atoms in total. The van der Waals surface area contributed by atoms with E-state index in [1.807, 2.05) is 0 Å². The molecule has 0 atom stereocenters. The predicted molar refractivity (Wildman–Crippen MR) is 57.6 cm³/mol. The van der Waals surface area contributed by atoms with Crippen molar-refractivity contribution in [1.29, 1.82) is 0 Å². The Morgan fingerprint density at radius 3 is 2.80 bits per heavy atom. The molecule has 0 saturated carbocycles. The number of aliphatic hydroxyl groups excluding tert-OH is 1. The number of hydrogen-bond acceptors (Lipinski definition) is 3. The number of aromatic hydroxyl groups is 1. The zero-order chi connectivity index (χ0) is 11.0. The molecule has 0 spiro atoms. The van der Waals surface area contributed by atoms with Gasteiger partial charge in [0.05, 0.1) is 12.2 Å². The van der Waals surface area contributed by atoms with E-state index in [2.05, 4.69) is 15.9 Å². The number of hydrogen-bond donors (Lipinski definition) is 2. The van der Waals surface area contributed by atoms with Crippen LogP contribution in [0.25, 0.3) is 0 Å². The Balaban J connectivity index is 2.44. The van der Waals surface area contributed by atoms with Crippen molar-refractivity contribution in [3.8, 4) is 5.75 Å². The summed E-state index contributed by atoms with van der Waals surface area (Å²) in [6.07, 6.45) is 0. The smallest absolute Gasteiger partial charge is 0.258 e. The first-order valence-electron chi connectivity index (χ1n) is 4.55. The Labute approximate surface area is 95.3 Å². The van der Waals surface area contributed by atoms with Gasteiger partial charge in [0.25, 0.3) is 5.91 Å². The quantitative estimate of drug-likeness (QED) is 0.847. The number of rotatable bonds is 2. The van der Waals surface area contributed by atoms with Gasteiger partial charge in [-0.05, 0) is 12.1 Å². The maximum atomic E-state index is 11.8. The molecular weight excluding hydrogens is 262 g/mol. The van der Waals surface area contributed by atoms with Gasteiger partial charge in [0.1, 0.15) is 5.75 Å². The highest BCUT2D eigenvalue weighted by atomic mass is 79.9. The highest BCUT2D eigenvalue weighted by Crippen LogP contribution is 2.34. The van der Waals surface area contributed by atoms with Crippen molar-refractivity contribution in [1.82, 2.24) is 4.90 Å². The van der Waals surface area contributed by atoms with Crippen LogP contribution in [0.4, 0.5) is 0 Å². The van der Waals surface area contributed by atoms with E-state index >= 15 is 0 Å². The standard InChI is InChI=1S/C10H10BrNO3/c11-7-1-2-8(14)9-6(7)5-12(3-4-13)10(9)15/h1-2,13-14H,3-5H2. The molecule has 1 aliphatic heterocycles. The summed E-state index contributed by atoms with van der Waals surface area (Å²) in [7, 11) is 0. The van der Waals surface area contributed by atoms with Gasteiger partial charge in [-0.15, -0.1) is 0 Å². The van der Waals surface area contributed by atoms with Crippen molar-refractivity contribution in [3.63, 3.8) is 0 Å². The summed E-state index contributed by atoms with van der Waals surface area (Å²) in [5.41, 5.74) is 1.13. The number of carbonyl (C=O) groups is 1. The molecule has 1 aliphatic rings. The van der Waals surface area contributed by atoms with Crippen molar-refractivity contribution < 1.29 is 15.0 Å². The second-order valence-corrected chi connectivity index (χ2v) is 4.22. The lowest BCUT2D eigenvalue weighted by molar-refractivity contribution is 0.0743. The third kappa shape index (κ3) is 1.61. The Hall–Kier alpha value is -1.07. The Morgan fingerprint density at radius 2 is 2.20 bits per heavy atom. The van der Waals surface area contributed by atoms with Crippen molar-refractivity contribution in [2.75, 3.05) is 13.2 Å². The zero-order valence-corrected chi connectivity index (χ0v) is 9.49. The Kier molecular flexibility index (Phi) is 2.67. The monoisotopic (exact) mass is 271 g/mol. The molecule has 0 fully saturated rings. The molecule has 1 heterocycles. The first kappa shape index (κ1) is 10.4. The molecule has 0 aliphatic carbocycles. The lowest BCUT2D eigenvalue weighted by atomic mass is 10.1. The molecule has 1 amide bonds. The molecule has 2 N–H and O–H groups in total. The minimum Gasteiger partial charge on any atom is -0.507 e. The van der Waals surface area contributed by atoms with Gasteiger partial charge in [-0.1, -0.05) is 15.9 Å². The average Bonchev–Trinajstić information content (AvgIpc) is 2.53. The highest BCUT2D eigenvalue weighted by Gasteiger charge is 2.31. The fraction of sp³-hybridized carbons (Fsp3) is 0.300. The summed E-state index contributed by atoms with van der Waals surface area (Å²) in [5.74, 6) is -0.225. The van der Waals surface area contributed by atoms with Crippen LogP contribution in [0.5, 0.6) is 5.75 Å². The summed E-state index contributed by atoms with van der Waals surface area (Å²) in [5, 5.41) is 18.4. The molecule has 0 radical (unpaired) electrons. The van der Waals surface area contributed by atoms with E-state index in [1.54, 1.807) is 6.07 Å². The van der Waals surface area contributed by atoms with Gasteiger partial charge >= 0.3 is 0 Å². The van der Waals surface area contributed by atoms with Crippen molar-refractivity contribution in [2.45, 2.75) is 6.54 Å². The second kappa shape index (κ2) is 3.83. The van der Waals surface area contributed by atoms with E-state index in [1.165, 1.54) is 11.0 Å². The van der Waals surface area contributed by atoms with Gasteiger partial charge < -0.3 is 15.1 Å². The number of benzene rings is 1. The van der Waals surface area contributed by atoms with Gasteiger partial charge in [-0.25, -0.2) is 0 Å². The van der Waals surface area contributed by atoms with Crippen LogP contribution >= 0.6 is 15.9 Å². The third-order valence-electron chi connectivity index (χ3n) is 2.45. The summed E-state index contributed by atoms with van der Waals surface area (Å²) < 4.78 is 0.809. The van der Waals surface area contributed by atoms with Crippen LogP contribution in [0.3, 0.4) is 0 Å². The molecule has 0 saturated heterocycles. The summed E-state index contributed by atoms with van der Waals surface area (Å²) in [6, 6.07) is 3.20. The van der Waals surface area contributed by atoms with E-state index in [-0.39, 0.29) is 18.3 Å². The average molecular weight is 272 g/mol.